The van der Waals surface area contributed by atoms with Gasteiger partial charge in [0.25, 0.3) is 0 Å². The first-order valence-electron chi connectivity index (χ1n) is 7.40. The quantitative estimate of drug-likeness (QED) is 0.854. The highest BCUT2D eigenvalue weighted by molar-refractivity contribution is 8.01. The Bertz CT molecular complexity index is 678. The zero-order valence-corrected chi connectivity index (χ0v) is 13.8. The van der Waals surface area contributed by atoms with E-state index in [1.807, 2.05) is 6.92 Å². The Labute approximate surface area is 138 Å². The smallest absolute Gasteiger partial charge is 0.337 e. The number of nitrogens with zero attached hydrogens (tertiary/aromatic N) is 1. The summed E-state index contributed by atoms with van der Waals surface area (Å²) < 4.78 is 4.67. The minimum atomic E-state index is -0.471. The van der Waals surface area contributed by atoms with Crippen LogP contribution in [-0.2, 0) is 14.3 Å². The lowest BCUT2D eigenvalue weighted by Crippen LogP contribution is -2.48. The molecule has 2 heterocycles. The number of rotatable bonds is 3. The number of ether oxygens (including phenoxy) is 1. The number of nitrogens with one attached hydrogen (secondary N) is 1. The van der Waals surface area contributed by atoms with Crippen LogP contribution in [0.1, 0.15) is 30.1 Å². The number of carbonyl (C=O) groups excluding carboxylic acids is 3. The Balaban J connectivity index is 1.75. The van der Waals surface area contributed by atoms with Gasteiger partial charge in [-0.25, -0.2) is 4.79 Å². The van der Waals surface area contributed by atoms with E-state index < -0.39 is 12.0 Å². The van der Waals surface area contributed by atoms with Gasteiger partial charge in [0.2, 0.25) is 11.8 Å². The predicted octanol–water partition coefficient (Wildman–Crippen LogP) is 1.87. The first kappa shape index (κ1) is 15.9. The molecule has 122 valence electrons. The predicted molar refractivity (Wildman–Crippen MR) is 87.1 cm³/mol. The molecule has 1 aromatic rings. The number of anilines is 1. The number of methoxy groups -OCH3 is 1. The van der Waals surface area contributed by atoms with Crippen LogP contribution in [-0.4, -0.2) is 46.5 Å². The molecule has 0 radical (unpaired) electrons. The lowest BCUT2D eigenvalue weighted by molar-refractivity contribution is -0.135. The normalized spacial score (nSPS) is 26.1. The van der Waals surface area contributed by atoms with Crippen molar-refractivity contribution in [3.8, 4) is 0 Å². The lowest BCUT2D eigenvalue weighted by atomic mass is 10.2. The van der Waals surface area contributed by atoms with Crippen molar-refractivity contribution in [1.29, 1.82) is 0 Å². The molecule has 2 fully saturated rings. The summed E-state index contributed by atoms with van der Waals surface area (Å²) in [6.45, 7) is 2.01. The summed E-state index contributed by atoms with van der Waals surface area (Å²) in [5.74, 6) is -0.0654. The fraction of sp³-hybridized carbons (Fsp3) is 0.438. The summed E-state index contributed by atoms with van der Waals surface area (Å²) in [7, 11) is 1.31. The molecule has 0 aromatic heterocycles. The molecule has 2 saturated heterocycles. The van der Waals surface area contributed by atoms with Crippen LogP contribution in [0.15, 0.2) is 24.3 Å². The molecule has 0 aliphatic carbocycles. The number of thioether (sulfide) groups is 1. The minimum Gasteiger partial charge on any atom is -0.465 e. The molecule has 23 heavy (non-hydrogen) atoms. The molecule has 0 spiro atoms. The second-order valence-electron chi connectivity index (χ2n) is 5.83. The molecule has 0 saturated carbocycles. The number of carbonyl (C=O) groups is 3. The van der Waals surface area contributed by atoms with Gasteiger partial charge in [0, 0.05) is 17.9 Å². The second kappa shape index (κ2) is 5.88. The molecule has 0 unspecified atom stereocenters. The van der Waals surface area contributed by atoms with Crippen molar-refractivity contribution in [2.45, 2.75) is 30.7 Å². The average Bonchev–Trinajstić information content (AvgIpc) is 3.03. The Morgan fingerprint density at radius 1 is 1.43 bits per heavy atom. The van der Waals surface area contributed by atoms with Crippen LogP contribution < -0.4 is 5.32 Å². The molecule has 1 aromatic carbocycles. The molecule has 1 N–H and O–H groups in total. The zero-order chi connectivity index (χ0) is 16.6. The summed E-state index contributed by atoms with van der Waals surface area (Å²) in [6.07, 6.45) is 1.27. The van der Waals surface area contributed by atoms with E-state index in [1.165, 1.54) is 7.11 Å². The Morgan fingerprint density at radius 2 is 2.22 bits per heavy atom. The zero-order valence-electron chi connectivity index (χ0n) is 13.0. The van der Waals surface area contributed by atoms with Crippen LogP contribution in [0.25, 0.3) is 0 Å². The van der Waals surface area contributed by atoms with Crippen LogP contribution in [0.2, 0.25) is 0 Å². The van der Waals surface area contributed by atoms with Crippen molar-refractivity contribution in [3.63, 3.8) is 0 Å². The van der Waals surface area contributed by atoms with Gasteiger partial charge in [-0.3, -0.25) is 9.59 Å². The van der Waals surface area contributed by atoms with Gasteiger partial charge in [-0.15, -0.1) is 11.8 Å². The summed E-state index contributed by atoms with van der Waals surface area (Å²) in [6, 6.07) is 6.10. The molecular formula is C16H18N2O4S. The van der Waals surface area contributed by atoms with Crippen LogP contribution in [0.4, 0.5) is 5.69 Å². The van der Waals surface area contributed by atoms with Gasteiger partial charge >= 0.3 is 5.97 Å². The molecule has 3 rings (SSSR count). The van der Waals surface area contributed by atoms with Gasteiger partial charge in [-0.05, 0) is 31.5 Å². The van der Waals surface area contributed by atoms with Crippen molar-refractivity contribution in [2.75, 3.05) is 18.2 Å². The molecule has 7 heteroatoms. The highest BCUT2D eigenvalue weighted by Crippen LogP contribution is 2.47. The van der Waals surface area contributed by atoms with E-state index in [-0.39, 0.29) is 16.7 Å². The van der Waals surface area contributed by atoms with Gasteiger partial charge in [0.1, 0.15) is 6.04 Å². The van der Waals surface area contributed by atoms with Crippen molar-refractivity contribution >= 4 is 35.2 Å². The number of esters is 1. The average molecular weight is 334 g/mol. The standard InChI is InChI=1S/C16H18N2O4S/c1-16-7-6-13(19)18(16)12(9-23-16)14(20)17-11-5-3-4-10(8-11)15(21)22-2/h3-5,8,12H,6-7,9H2,1-2H3,(H,17,20)/t12-,16-/m0/s1. The number of benzene rings is 1. The SMILES string of the molecule is COC(=O)c1cccc(NC(=O)[C@@H]2CS[C@@]3(C)CCC(=O)N23)c1. The van der Waals surface area contributed by atoms with Crippen LogP contribution in [0, 0.1) is 0 Å². The van der Waals surface area contributed by atoms with Crippen LogP contribution in [0.3, 0.4) is 0 Å². The lowest BCUT2D eigenvalue weighted by Gasteiger charge is -2.29. The summed E-state index contributed by atoms with van der Waals surface area (Å²) in [4.78, 5) is 37.6. The molecular weight excluding hydrogens is 316 g/mol. The second-order valence-corrected chi connectivity index (χ2v) is 7.33. The third-order valence-corrected chi connectivity index (χ3v) is 5.80. The number of hydrogen-bond donors (Lipinski definition) is 1. The van der Waals surface area contributed by atoms with E-state index in [1.54, 1.807) is 40.9 Å². The third-order valence-electron chi connectivity index (χ3n) is 4.30. The van der Waals surface area contributed by atoms with Crippen molar-refractivity contribution in [1.82, 2.24) is 4.90 Å². The first-order valence-corrected chi connectivity index (χ1v) is 8.38. The van der Waals surface area contributed by atoms with E-state index in [9.17, 15) is 14.4 Å². The summed E-state index contributed by atoms with van der Waals surface area (Å²) in [5, 5.41) is 2.80. The molecule has 6 nitrogen and oxygen atoms in total. The van der Waals surface area contributed by atoms with Gasteiger partial charge in [-0.1, -0.05) is 6.07 Å². The van der Waals surface area contributed by atoms with Crippen molar-refractivity contribution < 1.29 is 19.1 Å². The maximum absolute atomic E-state index is 12.6. The molecule has 2 amide bonds. The van der Waals surface area contributed by atoms with Gasteiger partial charge in [0.05, 0.1) is 17.5 Å². The fourth-order valence-electron chi connectivity index (χ4n) is 3.08. The minimum absolute atomic E-state index is 0.0287. The van der Waals surface area contributed by atoms with Crippen molar-refractivity contribution in [2.24, 2.45) is 0 Å². The Morgan fingerprint density at radius 3 is 2.96 bits per heavy atom. The monoisotopic (exact) mass is 334 g/mol. The van der Waals surface area contributed by atoms with E-state index in [0.717, 1.165) is 6.42 Å². The highest BCUT2D eigenvalue weighted by Gasteiger charge is 2.52. The molecule has 2 aliphatic rings. The van der Waals surface area contributed by atoms with Crippen molar-refractivity contribution in [3.05, 3.63) is 29.8 Å². The topological polar surface area (TPSA) is 75.7 Å². The number of fused-ring (bicyclic) bond motifs is 1. The highest BCUT2D eigenvalue weighted by atomic mass is 32.2. The van der Waals surface area contributed by atoms with Crippen LogP contribution >= 0.6 is 11.8 Å². The number of amides is 2. The molecule has 2 aliphatic heterocycles. The maximum atomic E-state index is 12.6. The van der Waals surface area contributed by atoms with Gasteiger partial charge < -0.3 is 15.0 Å². The largest absolute Gasteiger partial charge is 0.465 e. The van der Waals surface area contributed by atoms with Gasteiger partial charge in [0.15, 0.2) is 0 Å². The fourth-order valence-corrected chi connectivity index (χ4v) is 4.51. The van der Waals surface area contributed by atoms with E-state index in [0.29, 0.717) is 23.4 Å². The third kappa shape index (κ3) is 2.81. The maximum Gasteiger partial charge on any atom is 0.337 e. The molecule has 0 bridgehead atoms. The van der Waals surface area contributed by atoms with E-state index in [2.05, 4.69) is 10.1 Å². The van der Waals surface area contributed by atoms with E-state index in [4.69, 9.17) is 0 Å². The Kier molecular flexibility index (Phi) is 4.06. The molecule has 2 atom stereocenters. The number of hydrogen-bond acceptors (Lipinski definition) is 5. The summed E-state index contributed by atoms with van der Waals surface area (Å²) >= 11 is 1.65. The van der Waals surface area contributed by atoms with E-state index >= 15 is 0 Å². The summed E-state index contributed by atoms with van der Waals surface area (Å²) in [5.41, 5.74) is 0.885. The van der Waals surface area contributed by atoms with Gasteiger partial charge in [-0.2, -0.15) is 0 Å². The first-order chi connectivity index (χ1) is 10.9. The van der Waals surface area contributed by atoms with Crippen LogP contribution in [0.5, 0.6) is 0 Å². The Hall–Kier alpha value is -2.02.